The molecule has 0 aliphatic rings. The molecule has 2 rings (SSSR count). The van der Waals surface area contributed by atoms with Crippen LogP contribution in [0.2, 0.25) is 0 Å². The van der Waals surface area contributed by atoms with Crippen LogP contribution < -0.4 is 4.74 Å². The first kappa shape index (κ1) is 9.53. The Hall–Kier alpha value is -2.02. The molecule has 2 aromatic rings. The summed E-state index contributed by atoms with van der Waals surface area (Å²) in [4.78, 5) is 4.19. The Labute approximate surface area is 87.7 Å². The second kappa shape index (κ2) is 3.62. The normalized spacial score (nSPS) is 10.2. The predicted molar refractivity (Wildman–Crippen MR) is 56.6 cm³/mol. The molecule has 0 spiro atoms. The van der Waals surface area contributed by atoms with E-state index in [4.69, 9.17) is 10.00 Å². The Balaban J connectivity index is 2.75. The van der Waals surface area contributed by atoms with Gasteiger partial charge in [-0.2, -0.15) is 5.26 Å². The molecule has 0 aliphatic heterocycles. The predicted octanol–water partition coefficient (Wildman–Crippen LogP) is 1.84. The van der Waals surface area contributed by atoms with Crippen LogP contribution in [-0.4, -0.2) is 16.2 Å². The summed E-state index contributed by atoms with van der Waals surface area (Å²) >= 11 is 0. The fourth-order valence-electron chi connectivity index (χ4n) is 1.65. The first-order chi connectivity index (χ1) is 7.27. The van der Waals surface area contributed by atoms with Gasteiger partial charge in [0.2, 0.25) is 0 Å². The number of nitriles is 1. The van der Waals surface area contributed by atoms with E-state index in [1.807, 2.05) is 24.6 Å². The number of aryl methyl sites for hydroxylation is 1. The van der Waals surface area contributed by atoms with Crippen molar-refractivity contribution in [2.24, 2.45) is 7.05 Å². The van der Waals surface area contributed by atoms with Crippen LogP contribution in [0.3, 0.4) is 0 Å². The molecule has 2 aromatic heterocycles. The van der Waals surface area contributed by atoms with Crippen LogP contribution in [-0.2, 0) is 7.05 Å². The number of fused-ring (bicyclic) bond motifs is 1. The van der Waals surface area contributed by atoms with Crippen LogP contribution in [0.5, 0.6) is 5.75 Å². The van der Waals surface area contributed by atoms with Gasteiger partial charge in [-0.25, -0.2) is 0 Å². The fraction of sp³-hybridized carbons (Fsp3) is 0.273. The van der Waals surface area contributed by atoms with Gasteiger partial charge in [0.05, 0.1) is 12.2 Å². The lowest BCUT2D eigenvalue weighted by Gasteiger charge is -2.05. The first-order valence-electron chi connectivity index (χ1n) is 4.75. The van der Waals surface area contributed by atoms with Crippen molar-refractivity contribution in [2.75, 3.05) is 6.61 Å². The minimum atomic E-state index is 0.578. The zero-order valence-corrected chi connectivity index (χ0v) is 8.69. The molecule has 0 atom stereocenters. The molecule has 0 saturated carbocycles. The maximum Gasteiger partial charge on any atom is 0.146 e. The van der Waals surface area contributed by atoms with Gasteiger partial charge in [0.1, 0.15) is 22.9 Å². The molecule has 0 unspecified atom stereocenters. The van der Waals surface area contributed by atoms with Crippen molar-refractivity contribution in [3.63, 3.8) is 0 Å². The van der Waals surface area contributed by atoms with Gasteiger partial charge < -0.3 is 9.30 Å². The molecule has 4 heteroatoms. The van der Waals surface area contributed by atoms with Gasteiger partial charge in [-0.3, -0.25) is 4.98 Å². The van der Waals surface area contributed by atoms with Crippen molar-refractivity contribution < 1.29 is 4.74 Å². The molecular weight excluding hydrogens is 190 g/mol. The molecule has 76 valence electrons. The maximum absolute atomic E-state index is 8.93. The van der Waals surface area contributed by atoms with Crippen LogP contribution in [0.25, 0.3) is 11.0 Å². The third kappa shape index (κ3) is 1.42. The van der Waals surface area contributed by atoms with E-state index in [9.17, 15) is 0 Å². The van der Waals surface area contributed by atoms with E-state index in [0.29, 0.717) is 17.7 Å². The van der Waals surface area contributed by atoms with Crippen molar-refractivity contribution in [3.05, 3.63) is 24.0 Å². The number of nitrogens with zero attached hydrogens (tertiary/aromatic N) is 3. The highest BCUT2D eigenvalue weighted by Crippen LogP contribution is 2.26. The SMILES string of the molecule is CCOc1ccnc2c(C#N)cn(C)c12. The summed E-state index contributed by atoms with van der Waals surface area (Å²) in [5, 5.41) is 8.93. The summed E-state index contributed by atoms with van der Waals surface area (Å²) < 4.78 is 7.35. The summed E-state index contributed by atoms with van der Waals surface area (Å²) in [7, 11) is 1.88. The van der Waals surface area contributed by atoms with Crippen LogP contribution >= 0.6 is 0 Å². The molecule has 0 bridgehead atoms. The van der Waals surface area contributed by atoms with E-state index >= 15 is 0 Å². The molecule has 0 fully saturated rings. The minimum Gasteiger partial charge on any atom is -0.492 e. The maximum atomic E-state index is 8.93. The Bertz CT molecular complexity index is 536. The standard InChI is InChI=1S/C11H11N3O/c1-3-15-9-4-5-13-10-8(6-12)7-14(2)11(9)10/h4-5,7H,3H2,1-2H3. The second-order valence-electron chi connectivity index (χ2n) is 3.20. The third-order valence-electron chi connectivity index (χ3n) is 2.24. The van der Waals surface area contributed by atoms with Crippen LogP contribution in [0.15, 0.2) is 18.5 Å². The summed E-state index contributed by atoms with van der Waals surface area (Å²) in [5.41, 5.74) is 2.15. The Morgan fingerprint density at radius 1 is 1.60 bits per heavy atom. The Morgan fingerprint density at radius 3 is 3.07 bits per heavy atom. The van der Waals surface area contributed by atoms with E-state index in [-0.39, 0.29) is 0 Å². The summed E-state index contributed by atoms with van der Waals surface area (Å²) in [6.07, 6.45) is 3.42. The highest BCUT2D eigenvalue weighted by Gasteiger charge is 2.11. The second-order valence-corrected chi connectivity index (χ2v) is 3.20. The molecule has 0 radical (unpaired) electrons. The largest absolute Gasteiger partial charge is 0.492 e. The lowest BCUT2D eigenvalue weighted by atomic mass is 10.3. The molecule has 15 heavy (non-hydrogen) atoms. The van der Waals surface area contributed by atoms with Gasteiger partial charge in [0, 0.05) is 25.5 Å². The van der Waals surface area contributed by atoms with Crippen LogP contribution in [0, 0.1) is 11.3 Å². The minimum absolute atomic E-state index is 0.578. The quantitative estimate of drug-likeness (QED) is 0.745. The smallest absolute Gasteiger partial charge is 0.146 e. The molecule has 0 aromatic carbocycles. The van der Waals surface area contributed by atoms with Gasteiger partial charge in [-0.15, -0.1) is 0 Å². The molecule has 0 saturated heterocycles. The van der Waals surface area contributed by atoms with Crippen molar-refractivity contribution >= 4 is 11.0 Å². The van der Waals surface area contributed by atoms with Crippen molar-refractivity contribution in [2.45, 2.75) is 6.92 Å². The van der Waals surface area contributed by atoms with Gasteiger partial charge in [-0.1, -0.05) is 0 Å². The lowest BCUT2D eigenvalue weighted by molar-refractivity contribution is 0.343. The number of pyridine rings is 1. The number of ether oxygens (including phenoxy) is 1. The van der Waals surface area contributed by atoms with Crippen molar-refractivity contribution in [3.8, 4) is 11.8 Å². The van der Waals surface area contributed by atoms with Gasteiger partial charge >= 0.3 is 0 Å². The number of hydrogen-bond acceptors (Lipinski definition) is 3. The zero-order valence-electron chi connectivity index (χ0n) is 8.69. The third-order valence-corrected chi connectivity index (χ3v) is 2.24. The topological polar surface area (TPSA) is 50.8 Å². The molecule has 4 nitrogen and oxygen atoms in total. The molecule has 0 aliphatic carbocycles. The number of hydrogen-bond donors (Lipinski definition) is 0. The van der Waals surface area contributed by atoms with Crippen LogP contribution in [0.1, 0.15) is 12.5 Å². The summed E-state index contributed by atoms with van der Waals surface area (Å²) in [6.45, 7) is 2.53. The molecule has 0 N–H and O–H groups in total. The van der Waals surface area contributed by atoms with Gasteiger partial charge in [-0.05, 0) is 6.92 Å². The summed E-state index contributed by atoms with van der Waals surface area (Å²) in [6, 6.07) is 3.93. The average molecular weight is 201 g/mol. The number of aromatic nitrogens is 2. The number of rotatable bonds is 2. The average Bonchev–Trinajstić information content (AvgIpc) is 2.57. The molecule has 2 heterocycles. The fourth-order valence-corrected chi connectivity index (χ4v) is 1.65. The van der Waals surface area contributed by atoms with E-state index in [1.165, 1.54) is 0 Å². The molecule has 0 amide bonds. The van der Waals surface area contributed by atoms with Crippen molar-refractivity contribution in [1.82, 2.24) is 9.55 Å². The highest BCUT2D eigenvalue weighted by molar-refractivity contribution is 5.87. The van der Waals surface area contributed by atoms with Gasteiger partial charge in [0.15, 0.2) is 0 Å². The zero-order chi connectivity index (χ0) is 10.8. The van der Waals surface area contributed by atoms with Crippen molar-refractivity contribution in [1.29, 1.82) is 5.26 Å². The van der Waals surface area contributed by atoms with Gasteiger partial charge in [0.25, 0.3) is 0 Å². The van der Waals surface area contributed by atoms with Crippen LogP contribution in [0.4, 0.5) is 0 Å². The van der Waals surface area contributed by atoms with E-state index < -0.39 is 0 Å². The lowest BCUT2D eigenvalue weighted by Crippen LogP contribution is -1.95. The monoisotopic (exact) mass is 201 g/mol. The Kier molecular flexibility index (Phi) is 2.30. The van der Waals surface area contributed by atoms with E-state index in [0.717, 1.165) is 11.3 Å². The Morgan fingerprint density at radius 2 is 2.40 bits per heavy atom. The van der Waals surface area contributed by atoms with E-state index in [1.54, 1.807) is 12.4 Å². The summed E-state index contributed by atoms with van der Waals surface area (Å²) in [5.74, 6) is 0.770. The molecular formula is C11H11N3O. The highest BCUT2D eigenvalue weighted by atomic mass is 16.5. The first-order valence-corrected chi connectivity index (χ1v) is 4.75. The van der Waals surface area contributed by atoms with E-state index in [2.05, 4.69) is 11.1 Å².